The fourth-order valence-corrected chi connectivity index (χ4v) is 2.36. The normalized spacial score (nSPS) is 10.7. The van der Waals surface area contributed by atoms with Gasteiger partial charge in [-0.15, -0.1) is 23.7 Å². The molecule has 0 unspecified atom stereocenters. The van der Waals surface area contributed by atoms with E-state index in [0.717, 1.165) is 11.3 Å². The Bertz CT molecular complexity index is 332. The summed E-state index contributed by atoms with van der Waals surface area (Å²) in [4.78, 5) is 0. The van der Waals surface area contributed by atoms with Crippen molar-refractivity contribution in [1.29, 1.82) is 0 Å². The van der Waals surface area contributed by atoms with E-state index in [-0.39, 0.29) is 16.6 Å². The first-order chi connectivity index (χ1) is 4.50. The van der Waals surface area contributed by atoms with E-state index < -0.39 is 10.0 Å². The molecular weight excluding hydrogens is 229 g/mol. The van der Waals surface area contributed by atoms with Crippen molar-refractivity contribution < 1.29 is 8.42 Å². The molecule has 0 aromatic carbocycles. The van der Waals surface area contributed by atoms with Gasteiger partial charge in [-0.05, 0) is 12.1 Å². The smallest absolute Gasteiger partial charge is 0.224 e. The number of hydrogen-bond donors (Lipinski definition) is 1. The van der Waals surface area contributed by atoms with Gasteiger partial charge in [0.25, 0.3) is 0 Å². The predicted molar refractivity (Wildman–Crippen MR) is 48.0 cm³/mol. The van der Waals surface area contributed by atoms with Crippen molar-refractivity contribution >= 4 is 45.4 Å². The third-order valence-corrected chi connectivity index (χ3v) is 3.50. The second-order valence-electron chi connectivity index (χ2n) is 1.60. The zero-order chi connectivity index (χ0) is 7.78. The Balaban J connectivity index is 0.000001000. The molecule has 1 aromatic heterocycles. The molecular formula is C4H5Cl2NO2S2. The van der Waals surface area contributed by atoms with Crippen molar-refractivity contribution in [3.63, 3.8) is 0 Å². The molecule has 3 nitrogen and oxygen atoms in total. The molecule has 64 valence electrons. The zero-order valence-corrected chi connectivity index (χ0v) is 8.36. The van der Waals surface area contributed by atoms with Crippen LogP contribution in [-0.2, 0) is 10.0 Å². The van der Waals surface area contributed by atoms with E-state index in [1.807, 2.05) is 0 Å². The molecule has 1 aromatic rings. The van der Waals surface area contributed by atoms with Gasteiger partial charge in [-0.25, -0.2) is 13.6 Å². The Hall–Kier alpha value is 0.190. The minimum atomic E-state index is -3.55. The van der Waals surface area contributed by atoms with Crippen LogP contribution < -0.4 is 5.14 Å². The summed E-state index contributed by atoms with van der Waals surface area (Å²) in [7, 11) is -3.55. The van der Waals surface area contributed by atoms with E-state index >= 15 is 0 Å². The Morgan fingerprint density at radius 1 is 1.45 bits per heavy atom. The minimum absolute atomic E-state index is 0. The summed E-state index contributed by atoms with van der Waals surface area (Å²) < 4.78 is 21.7. The summed E-state index contributed by atoms with van der Waals surface area (Å²) in [5.74, 6) is 0. The van der Waals surface area contributed by atoms with Gasteiger partial charge >= 0.3 is 0 Å². The van der Waals surface area contributed by atoms with Gasteiger partial charge in [0.2, 0.25) is 10.0 Å². The van der Waals surface area contributed by atoms with Crippen LogP contribution in [0.2, 0.25) is 4.34 Å². The van der Waals surface area contributed by atoms with Crippen LogP contribution in [0.5, 0.6) is 0 Å². The van der Waals surface area contributed by atoms with Gasteiger partial charge in [0, 0.05) is 0 Å². The van der Waals surface area contributed by atoms with Crippen LogP contribution in [0.3, 0.4) is 0 Å². The fourth-order valence-electron chi connectivity index (χ4n) is 0.451. The number of primary sulfonamides is 1. The molecule has 0 bridgehead atoms. The van der Waals surface area contributed by atoms with Crippen molar-refractivity contribution in [2.24, 2.45) is 5.14 Å². The van der Waals surface area contributed by atoms with Crippen LogP contribution in [0.25, 0.3) is 0 Å². The topological polar surface area (TPSA) is 60.2 Å². The van der Waals surface area contributed by atoms with Gasteiger partial charge in [-0.3, -0.25) is 0 Å². The van der Waals surface area contributed by atoms with Gasteiger partial charge in [0.15, 0.2) is 0 Å². The molecule has 0 aliphatic carbocycles. The highest BCUT2D eigenvalue weighted by molar-refractivity contribution is 7.91. The predicted octanol–water partition coefficient (Wildman–Crippen LogP) is 1.47. The van der Waals surface area contributed by atoms with E-state index in [4.69, 9.17) is 16.7 Å². The van der Waals surface area contributed by atoms with E-state index in [1.165, 1.54) is 12.1 Å². The van der Waals surface area contributed by atoms with Gasteiger partial charge in [0.05, 0.1) is 4.34 Å². The second-order valence-corrected chi connectivity index (χ2v) is 5.11. The largest absolute Gasteiger partial charge is 0.247 e. The maximum Gasteiger partial charge on any atom is 0.247 e. The zero-order valence-electron chi connectivity index (χ0n) is 5.15. The molecule has 0 fully saturated rings. The molecule has 11 heavy (non-hydrogen) atoms. The maximum absolute atomic E-state index is 10.6. The van der Waals surface area contributed by atoms with E-state index in [1.54, 1.807) is 0 Å². The SMILES string of the molecule is Cl.NS(=O)(=O)c1ccc(Cl)s1. The summed E-state index contributed by atoms with van der Waals surface area (Å²) in [6.45, 7) is 0. The van der Waals surface area contributed by atoms with Gasteiger partial charge in [0.1, 0.15) is 4.21 Å². The highest BCUT2D eigenvalue weighted by Crippen LogP contribution is 2.23. The van der Waals surface area contributed by atoms with Crippen molar-refractivity contribution in [2.75, 3.05) is 0 Å². The van der Waals surface area contributed by atoms with E-state index in [9.17, 15) is 8.42 Å². The number of thiophene rings is 1. The van der Waals surface area contributed by atoms with Crippen LogP contribution in [-0.4, -0.2) is 8.42 Å². The van der Waals surface area contributed by atoms with Gasteiger partial charge in [-0.2, -0.15) is 0 Å². The molecule has 1 heterocycles. The lowest BCUT2D eigenvalue weighted by Crippen LogP contribution is -2.09. The number of hydrogen-bond acceptors (Lipinski definition) is 3. The fraction of sp³-hybridized carbons (Fsp3) is 0. The number of rotatable bonds is 1. The first-order valence-electron chi connectivity index (χ1n) is 2.28. The molecule has 1 rings (SSSR count). The number of nitrogens with two attached hydrogens (primary N) is 1. The van der Waals surface area contributed by atoms with Crippen LogP contribution in [0.15, 0.2) is 16.3 Å². The highest BCUT2D eigenvalue weighted by atomic mass is 35.5. The summed E-state index contributed by atoms with van der Waals surface area (Å²) in [6, 6.07) is 2.87. The molecule has 7 heteroatoms. The number of sulfonamides is 1. The van der Waals surface area contributed by atoms with Gasteiger partial charge < -0.3 is 0 Å². The van der Waals surface area contributed by atoms with Crippen molar-refractivity contribution in [1.82, 2.24) is 0 Å². The molecule has 0 atom stereocenters. The molecule has 0 saturated carbocycles. The average Bonchev–Trinajstić information content (AvgIpc) is 2.11. The standard InChI is InChI=1S/C4H4ClNO2S2.ClH/c5-3-1-2-4(9-3)10(6,7)8;/h1-2H,(H2,6,7,8);1H. The Labute approximate surface area is 79.6 Å². The number of halogens is 2. The molecule has 0 aliphatic rings. The Morgan fingerprint density at radius 2 is 2.00 bits per heavy atom. The maximum atomic E-state index is 10.6. The van der Waals surface area contributed by atoms with Crippen LogP contribution in [0, 0.1) is 0 Å². The highest BCUT2D eigenvalue weighted by Gasteiger charge is 2.09. The van der Waals surface area contributed by atoms with Crippen molar-refractivity contribution in [3.8, 4) is 0 Å². The quantitative estimate of drug-likeness (QED) is 0.799. The van der Waals surface area contributed by atoms with Crippen LogP contribution >= 0.6 is 35.3 Å². The molecule has 0 saturated heterocycles. The lowest BCUT2D eigenvalue weighted by molar-refractivity contribution is 0.600. The summed E-state index contributed by atoms with van der Waals surface area (Å²) in [6.07, 6.45) is 0. The molecule has 0 radical (unpaired) electrons. The lowest BCUT2D eigenvalue weighted by Gasteiger charge is -1.86. The third-order valence-electron chi connectivity index (χ3n) is 0.829. The molecule has 2 N–H and O–H groups in total. The second kappa shape index (κ2) is 3.73. The first-order valence-corrected chi connectivity index (χ1v) is 5.02. The molecule has 0 amide bonds. The monoisotopic (exact) mass is 233 g/mol. The minimum Gasteiger partial charge on any atom is -0.224 e. The Kier molecular flexibility index (Phi) is 3.79. The lowest BCUT2D eigenvalue weighted by atomic mass is 10.7. The summed E-state index contributed by atoms with van der Waals surface area (Å²) >= 11 is 6.41. The van der Waals surface area contributed by atoms with Crippen LogP contribution in [0.4, 0.5) is 0 Å². The van der Waals surface area contributed by atoms with Crippen LogP contribution in [0.1, 0.15) is 0 Å². The van der Waals surface area contributed by atoms with Crippen molar-refractivity contribution in [2.45, 2.75) is 4.21 Å². The third kappa shape index (κ3) is 2.96. The average molecular weight is 234 g/mol. The van der Waals surface area contributed by atoms with Gasteiger partial charge in [-0.1, -0.05) is 11.6 Å². The van der Waals surface area contributed by atoms with E-state index in [0.29, 0.717) is 4.34 Å². The van der Waals surface area contributed by atoms with Crippen molar-refractivity contribution in [3.05, 3.63) is 16.5 Å². The summed E-state index contributed by atoms with van der Waals surface area (Å²) in [5, 5.41) is 4.79. The summed E-state index contributed by atoms with van der Waals surface area (Å²) in [5.41, 5.74) is 0. The molecule has 0 spiro atoms. The molecule has 0 aliphatic heterocycles. The first kappa shape index (κ1) is 11.2. The Morgan fingerprint density at radius 3 is 2.18 bits per heavy atom. The van der Waals surface area contributed by atoms with E-state index in [2.05, 4.69) is 0 Å².